The SMILES string of the molecule is CCS(=O)(=O)c1ccc(C2(C(=O)O)CC2)cc1Cl. The third-order valence-corrected chi connectivity index (χ3v) is 5.57. The van der Waals surface area contributed by atoms with Gasteiger partial charge in [-0.3, -0.25) is 4.79 Å². The maximum Gasteiger partial charge on any atom is 0.314 e. The zero-order chi connectivity index (χ0) is 13.6. The number of aliphatic carboxylic acids is 1. The summed E-state index contributed by atoms with van der Waals surface area (Å²) in [5.41, 5.74) is -0.284. The fraction of sp³-hybridized carbons (Fsp3) is 0.417. The average molecular weight is 289 g/mol. The van der Waals surface area contributed by atoms with Crippen LogP contribution >= 0.6 is 11.6 Å². The lowest BCUT2D eigenvalue weighted by molar-refractivity contribution is -0.140. The summed E-state index contributed by atoms with van der Waals surface area (Å²) in [6.07, 6.45) is 1.14. The van der Waals surface area contributed by atoms with Crippen LogP contribution in [-0.2, 0) is 20.0 Å². The molecular formula is C12H13ClO4S. The number of benzene rings is 1. The van der Waals surface area contributed by atoms with Crippen LogP contribution in [0.3, 0.4) is 0 Å². The van der Waals surface area contributed by atoms with Crippen molar-refractivity contribution in [3.05, 3.63) is 28.8 Å². The lowest BCUT2D eigenvalue weighted by atomic mass is 9.96. The van der Waals surface area contributed by atoms with Crippen molar-refractivity contribution in [2.75, 3.05) is 5.75 Å². The maximum atomic E-state index is 11.7. The van der Waals surface area contributed by atoms with Gasteiger partial charge < -0.3 is 5.11 Å². The second kappa shape index (κ2) is 4.24. The molecule has 1 aromatic rings. The molecule has 1 aliphatic carbocycles. The molecule has 1 fully saturated rings. The molecule has 18 heavy (non-hydrogen) atoms. The highest BCUT2D eigenvalue weighted by Crippen LogP contribution is 2.49. The van der Waals surface area contributed by atoms with Gasteiger partial charge in [0, 0.05) is 0 Å². The minimum absolute atomic E-state index is 0.0316. The molecule has 0 saturated heterocycles. The normalized spacial score (nSPS) is 17.4. The largest absolute Gasteiger partial charge is 0.481 e. The maximum absolute atomic E-state index is 11.7. The van der Waals surface area contributed by atoms with Gasteiger partial charge in [0.1, 0.15) is 0 Å². The van der Waals surface area contributed by atoms with Crippen molar-refractivity contribution in [1.29, 1.82) is 0 Å². The van der Waals surface area contributed by atoms with E-state index in [1.54, 1.807) is 13.0 Å². The summed E-state index contributed by atoms with van der Waals surface area (Å²) >= 11 is 5.96. The molecule has 0 spiro atoms. The first kappa shape index (κ1) is 13.4. The average Bonchev–Trinajstić information content (AvgIpc) is 3.09. The van der Waals surface area contributed by atoms with Gasteiger partial charge in [0.15, 0.2) is 9.84 Å². The highest BCUT2D eigenvalue weighted by molar-refractivity contribution is 7.91. The molecule has 0 atom stereocenters. The smallest absolute Gasteiger partial charge is 0.314 e. The van der Waals surface area contributed by atoms with Crippen LogP contribution in [-0.4, -0.2) is 25.2 Å². The van der Waals surface area contributed by atoms with Crippen molar-refractivity contribution < 1.29 is 18.3 Å². The Hall–Kier alpha value is -1.07. The van der Waals surface area contributed by atoms with E-state index < -0.39 is 21.2 Å². The van der Waals surface area contributed by atoms with E-state index in [0.29, 0.717) is 18.4 Å². The van der Waals surface area contributed by atoms with Crippen LogP contribution in [0.4, 0.5) is 0 Å². The molecule has 1 saturated carbocycles. The minimum Gasteiger partial charge on any atom is -0.481 e. The van der Waals surface area contributed by atoms with Gasteiger partial charge in [-0.1, -0.05) is 24.6 Å². The second-order valence-electron chi connectivity index (χ2n) is 4.44. The Morgan fingerprint density at radius 1 is 1.44 bits per heavy atom. The van der Waals surface area contributed by atoms with Gasteiger partial charge in [-0.2, -0.15) is 0 Å². The first-order chi connectivity index (χ1) is 8.33. The summed E-state index contributed by atoms with van der Waals surface area (Å²) in [6.45, 7) is 1.54. The number of hydrogen-bond donors (Lipinski definition) is 1. The molecule has 2 rings (SSSR count). The van der Waals surface area contributed by atoms with Crippen molar-refractivity contribution in [1.82, 2.24) is 0 Å². The van der Waals surface area contributed by atoms with E-state index in [0.717, 1.165) is 0 Å². The number of halogens is 1. The highest BCUT2D eigenvalue weighted by Gasteiger charge is 2.51. The molecule has 0 aromatic heterocycles. The molecule has 6 heteroatoms. The Morgan fingerprint density at radius 3 is 2.44 bits per heavy atom. The first-order valence-corrected chi connectivity index (χ1v) is 7.63. The standard InChI is InChI=1S/C12H13ClO4S/c1-2-18(16,17)10-4-3-8(7-9(10)13)12(5-6-12)11(14)15/h3-4,7H,2,5-6H2,1H3,(H,14,15). The molecule has 1 aliphatic rings. The van der Waals surface area contributed by atoms with E-state index in [4.69, 9.17) is 16.7 Å². The molecule has 0 aliphatic heterocycles. The number of rotatable bonds is 4. The van der Waals surface area contributed by atoms with Gasteiger partial charge in [0.05, 0.1) is 21.1 Å². The van der Waals surface area contributed by atoms with Crippen molar-refractivity contribution in [2.45, 2.75) is 30.1 Å². The van der Waals surface area contributed by atoms with E-state index in [-0.39, 0.29) is 15.7 Å². The third-order valence-electron chi connectivity index (χ3n) is 3.36. The summed E-state index contributed by atoms with van der Waals surface area (Å²) in [5.74, 6) is -0.916. The second-order valence-corrected chi connectivity index (χ2v) is 7.09. The van der Waals surface area contributed by atoms with Gasteiger partial charge in [-0.25, -0.2) is 8.42 Å². The molecule has 4 nitrogen and oxygen atoms in total. The van der Waals surface area contributed by atoms with Crippen LogP contribution in [0.15, 0.2) is 23.1 Å². The molecular weight excluding hydrogens is 276 g/mol. The van der Waals surface area contributed by atoms with E-state index in [1.807, 2.05) is 0 Å². The summed E-state index contributed by atoms with van der Waals surface area (Å²) in [7, 11) is -3.37. The predicted molar refractivity (Wildman–Crippen MR) is 67.7 cm³/mol. The van der Waals surface area contributed by atoms with Crippen LogP contribution in [0.1, 0.15) is 25.3 Å². The molecule has 0 unspecified atom stereocenters. The molecule has 1 aromatic carbocycles. The molecule has 0 amide bonds. The van der Waals surface area contributed by atoms with Gasteiger partial charge in [0.2, 0.25) is 0 Å². The topological polar surface area (TPSA) is 71.4 Å². The van der Waals surface area contributed by atoms with Crippen molar-refractivity contribution >= 4 is 27.4 Å². The van der Waals surface area contributed by atoms with Crippen LogP contribution in [0.5, 0.6) is 0 Å². The number of carboxylic acids is 1. The summed E-state index contributed by atoms with van der Waals surface area (Å²) < 4.78 is 23.5. The lowest BCUT2D eigenvalue weighted by Gasteiger charge is -2.12. The van der Waals surface area contributed by atoms with Crippen molar-refractivity contribution in [3.8, 4) is 0 Å². The fourth-order valence-electron chi connectivity index (χ4n) is 1.96. The van der Waals surface area contributed by atoms with E-state index in [1.165, 1.54) is 12.1 Å². The van der Waals surface area contributed by atoms with E-state index in [9.17, 15) is 13.2 Å². The van der Waals surface area contributed by atoms with E-state index >= 15 is 0 Å². The van der Waals surface area contributed by atoms with Gasteiger partial charge >= 0.3 is 5.97 Å². The number of hydrogen-bond acceptors (Lipinski definition) is 3. The molecule has 0 radical (unpaired) electrons. The van der Waals surface area contributed by atoms with Crippen molar-refractivity contribution in [3.63, 3.8) is 0 Å². The minimum atomic E-state index is -3.37. The Morgan fingerprint density at radius 2 is 2.06 bits per heavy atom. The third kappa shape index (κ3) is 2.01. The Bertz CT molecular complexity index is 603. The van der Waals surface area contributed by atoms with Gasteiger partial charge in [-0.15, -0.1) is 0 Å². The summed E-state index contributed by atoms with van der Waals surface area (Å²) in [4.78, 5) is 11.2. The van der Waals surface area contributed by atoms with Crippen LogP contribution < -0.4 is 0 Å². The Balaban J connectivity index is 2.47. The fourth-order valence-corrected chi connectivity index (χ4v) is 3.43. The highest BCUT2D eigenvalue weighted by atomic mass is 35.5. The summed E-state index contributed by atoms with van der Waals surface area (Å²) in [5, 5.41) is 9.26. The molecule has 1 N–H and O–H groups in total. The van der Waals surface area contributed by atoms with Gasteiger partial charge in [0.25, 0.3) is 0 Å². The number of carboxylic acid groups (broad SMARTS) is 1. The van der Waals surface area contributed by atoms with Crippen LogP contribution in [0.25, 0.3) is 0 Å². The molecule has 0 heterocycles. The lowest BCUT2D eigenvalue weighted by Crippen LogP contribution is -2.19. The predicted octanol–water partition coefficient (Wildman–Crippen LogP) is 2.25. The number of sulfone groups is 1. The monoisotopic (exact) mass is 288 g/mol. The quantitative estimate of drug-likeness (QED) is 0.922. The number of carbonyl (C=O) groups is 1. The summed E-state index contributed by atoms with van der Waals surface area (Å²) in [6, 6.07) is 4.42. The van der Waals surface area contributed by atoms with Gasteiger partial charge in [-0.05, 0) is 30.5 Å². The zero-order valence-corrected chi connectivity index (χ0v) is 11.4. The molecule has 0 bridgehead atoms. The van der Waals surface area contributed by atoms with Crippen LogP contribution in [0.2, 0.25) is 5.02 Å². The van der Waals surface area contributed by atoms with E-state index in [2.05, 4.69) is 0 Å². The van der Waals surface area contributed by atoms with Crippen LogP contribution in [0, 0.1) is 0 Å². The van der Waals surface area contributed by atoms with Crippen molar-refractivity contribution in [2.24, 2.45) is 0 Å². The molecule has 98 valence electrons. The first-order valence-electron chi connectivity index (χ1n) is 5.60. The Kier molecular flexibility index (Phi) is 3.15. The Labute approximate surface area is 110 Å². The zero-order valence-electron chi connectivity index (χ0n) is 9.81.